The zero-order valence-corrected chi connectivity index (χ0v) is 13.8. The van der Waals surface area contributed by atoms with Crippen LogP contribution in [0.1, 0.15) is 17.2 Å². The molecular formula is C20H17FN4O. The number of fused-ring (bicyclic) bond motifs is 2. The van der Waals surface area contributed by atoms with E-state index in [0.29, 0.717) is 11.4 Å². The van der Waals surface area contributed by atoms with Gasteiger partial charge in [-0.15, -0.1) is 0 Å². The SMILES string of the molecule is C=CC1=C2C(=CN/C2=N/N)C(c2ccc(O)cc2F)Nc2ccccc21. The highest BCUT2D eigenvalue weighted by molar-refractivity contribution is 6.14. The van der Waals surface area contributed by atoms with Crippen molar-refractivity contribution in [2.45, 2.75) is 6.04 Å². The molecule has 0 fully saturated rings. The Balaban J connectivity index is 2.00. The Kier molecular flexibility index (Phi) is 3.73. The lowest BCUT2D eigenvalue weighted by atomic mass is 9.91. The molecule has 4 rings (SSSR count). The standard InChI is InChI=1S/C20H17FN4O/c1-2-12-13-5-3-4-6-17(13)24-19(14-8-7-11(26)9-16(14)21)15-10-23-20(25-22)18(12)15/h2-10,19,24,26H,1,22H2,(H,23,25). The average Bonchev–Trinajstić information content (AvgIpc) is 3.00. The Morgan fingerprint density at radius 2 is 2.04 bits per heavy atom. The van der Waals surface area contributed by atoms with Gasteiger partial charge in [-0.05, 0) is 17.7 Å². The predicted molar refractivity (Wildman–Crippen MR) is 101 cm³/mol. The highest BCUT2D eigenvalue weighted by Crippen LogP contribution is 2.43. The highest BCUT2D eigenvalue weighted by atomic mass is 19.1. The molecule has 0 saturated carbocycles. The molecule has 5 nitrogen and oxygen atoms in total. The third-order valence-corrected chi connectivity index (χ3v) is 4.62. The van der Waals surface area contributed by atoms with Crippen LogP contribution in [0.5, 0.6) is 5.75 Å². The van der Waals surface area contributed by atoms with E-state index in [9.17, 15) is 9.50 Å². The minimum atomic E-state index is -0.500. The Morgan fingerprint density at radius 3 is 2.77 bits per heavy atom. The van der Waals surface area contributed by atoms with Gasteiger partial charge in [0.1, 0.15) is 11.6 Å². The van der Waals surface area contributed by atoms with Crippen LogP contribution in [0.2, 0.25) is 0 Å². The molecule has 0 bridgehead atoms. The molecule has 0 amide bonds. The van der Waals surface area contributed by atoms with E-state index in [-0.39, 0.29) is 5.75 Å². The fraction of sp³-hybridized carbons (Fsp3) is 0.0500. The molecular weight excluding hydrogens is 331 g/mol. The number of phenolic OH excluding ortho intramolecular Hbond substituents is 1. The number of hydrogen-bond acceptors (Lipinski definition) is 4. The topological polar surface area (TPSA) is 82.7 Å². The molecule has 2 aliphatic heterocycles. The van der Waals surface area contributed by atoms with Gasteiger partial charge in [0.05, 0.1) is 6.04 Å². The molecule has 0 spiro atoms. The number of phenols is 1. The molecule has 2 aromatic carbocycles. The summed E-state index contributed by atoms with van der Waals surface area (Å²) in [4.78, 5) is 0. The summed E-state index contributed by atoms with van der Waals surface area (Å²) < 4.78 is 14.6. The number of amidine groups is 1. The van der Waals surface area contributed by atoms with Gasteiger partial charge in [0.15, 0.2) is 5.84 Å². The maximum Gasteiger partial charge on any atom is 0.157 e. The van der Waals surface area contributed by atoms with E-state index in [2.05, 4.69) is 22.3 Å². The lowest BCUT2D eigenvalue weighted by molar-refractivity contribution is 0.467. The number of aromatic hydroxyl groups is 1. The Bertz CT molecular complexity index is 1010. The molecule has 1 unspecified atom stereocenters. The maximum atomic E-state index is 14.6. The van der Waals surface area contributed by atoms with Crippen molar-refractivity contribution in [1.29, 1.82) is 0 Å². The minimum Gasteiger partial charge on any atom is -0.508 e. The number of hydrogen-bond donors (Lipinski definition) is 4. The lowest BCUT2D eigenvalue weighted by Crippen LogP contribution is -2.18. The third kappa shape index (κ3) is 2.35. The quantitative estimate of drug-likeness (QED) is 0.495. The first kappa shape index (κ1) is 16.0. The minimum absolute atomic E-state index is 0.120. The van der Waals surface area contributed by atoms with E-state index in [1.54, 1.807) is 18.3 Å². The van der Waals surface area contributed by atoms with Gasteiger partial charge < -0.3 is 21.6 Å². The van der Waals surface area contributed by atoms with E-state index in [4.69, 9.17) is 5.84 Å². The van der Waals surface area contributed by atoms with Crippen LogP contribution in [-0.4, -0.2) is 10.9 Å². The van der Waals surface area contributed by atoms with Crippen LogP contribution in [0.4, 0.5) is 10.1 Å². The monoisotopic (exact) mass is 348 g/mol. The van der Waals surface area contributed by atoms with Gasteiger partial charge in [-0.1, -0.05) is 36.9 Å². The van der Waals surface area contributed by atoms with E-state index < -0.39 is 11.9 Å². The molecule has 6 heteroatoms. The molecule has 0 aromatic heterocycles. The first-order valence-corrected chi connectivity index (χ1v) is 8.10. The summed E-state index contributed by atoms with van der Waals surface area (Å²) in [7, 11) is 0. The molecule has 26 heavy (non-hydrogen) atoms. The van der Waals surface area contributed by atoms with Gasteiger partial charge >= 0.3 is 0 Å². The number of nitrogens with one attached hydrogen (secondary N) is 2. The highest BCUT2D eigenvalue weighted by Gasteiger charge is 2.34. The lowest BCUT2D eigenvalue weighted by Gasteiger charge is -2.21. The summed E-state index contributed by atoms with van der Waals surface area (Å²) in [5, 5.41) is 19.8. The van der Waals surface area contributed by atoms with Crippen LogP contribution in [0, 0.1) is 5.82 Å². The van der Waals surface area contributed by atoms with Crippen molar-refractivity contribution in [3.05, 3.63) is 89.4 Å². The fourth-order valence-electron chi connectivity index (χ4n) is 3.46. The summed E-state index contributed by atoms with van der Waals surface area (Å²) in [6, 6.07) is 11.4. The molecule has 2 aliphatic rings. The molecule has 0 aliphatic carbocycles. The van der Waals surface area contributed by atoms with Gasteiger partial charge in [-0.3, -0.25) is 0 Å². The van der Waals surface area contributed by atoms with Gasteiger partial charge in [0.2, 0.25) is 0 Å². The Morgan fingerprint density at radius 1 is 1.23 bits per heavy atom. The molecule has 1 atom stereocenters. The summed E-state index contributed by atoms with van der Waals surface area (Å²) in [5.41, 5.74) is 4.61. The van der Waals surface area contributed by atoms with E-state index in [1.807, 2.05) is 24.3 Å². The summed E-state index contributed by atoms with van der Waals surface area (Å²) >= 11 is 0. The molecule has 5 N–H and O–H groups in total. The number of benzene rings is 2. The molecule has 2 heterocycles. The van der Waals surface area contributed by atoms with Crippen molar-refractivity contribution < 1.29 is 9.50 Å². The predicted octanol–water partition coefficient (Wildman–Crippen LogP) is 3.40. The maximum absolute atomic E-state index is 14.6. The zero-order valence-electron chi connectivity index (χ0n) is 13.8. The van der Waals surface area contributed by atoms with Gasteiger partial charge in [-0.2, -0.15) is 5.10 Å². The van der Waals surface area contributed by atoms with E-state index in [0.717, 1.165) is 34.0 Å². The number of anilines is 1. The van der Waals surface area contributed by atoms with Crippen LogP contribution in [0.15, 0.2) is 77.6 Å². The third-order valence-electron chi connectivity index (χ3n) is 4.62. The second kappa shape index (κ2) is 6.07. The first-order valence-electron chi connectivity index (χ1n) is 8.10. The van der Waals surface area contributed by atoms with E-state index >= 15 is 0 Å². The van der Waals surface area contributed by atoms with Crippen LogP contribution >= 0.6 is 0 Å². The molecule has 2 aromatic rings. The first-order chi connectivity index (χ1) is 12.6. The number of nitrogens with two attached hydrogens (primary N) is 1. The normalized spacial score (nSPS) is 19.8. The molecule has 0 radical (unpaired) electrons. The zero-order chi connectivity index (χ0) is 18.3. The van der Waals surface area contributed by atoms with Gasteiger partial charge in [0.25, 0.3) is 0 Å². The number of nitrogens with zero attached hydrogens (tertiary/aromatic N) is 1. The number of halogens is 1. The summed E-state index contributed by atoms with van der Waals surface area (Å²) in [6.07, 6.45) is 3.51. The van der Waals surface area contributed by atoms with Crippen molar-refractivity contribution in [2.24, 2.45) is 10.9 Å². The second-order valence-electron chi connectivity index (χ2n) is 6.04. The van der Waals surface area contributed by atoms with Crippen molar-refractivity contribution in [3.8, 4) is 5.75 Å². The summed E-state index contributed by atoms with van der Waals surface area (Å²) in [6.45, 7) is 3.94. The average molecular weight is 348 g/mol. The largest absolute Gasteiger partial charge is 0.508 e. The number of para-hydroxylation sites is 1. The van der Waals surface area contributed by atoms with Crippen molar-refractivity contribution in [1.82, 2.24) is 5.32 Å². The molecule has 0 saturated heterocycles. The summed E-state index contributed by atoms with van der Waals surface area (Å²) in [5.74, 6) is 5.44. The van der Waals surface area contributed by atoms with Crippen molar-refractivity contribution in [2.75, 3.05) is 5.32 Å². The number of allylic oxidation sites excluding steroid dienone is 2. The fourth-order valence-corrected chi connectivity index (χ4v) is 3.46. The van der Waals surface area contributed by atoms with Crippen LogP contribution in [-0.2, 0) is 0 Å². The van der Waals surface area contributed by atoms with Crippen LogP contribution < -0.4 is 16.5 Å². The number of rotatable bonds is 2. The van der Waals surface area contributed by atoms with Crippen molar-refractivity contribution >= 4 is 17.1 Å². The van der Waals surface area contributed by atoms with Gasteiger partial charge in [0, 0.05) is 40.2 Å². The number of hydrazone groups is 1. The second-order valence-corrected chi connectivity index (χ2v) is 6.04. The Labute approximate surface area is 150 Å². The van der Waals surface area contributed by atoms with Crippen LogP contribution in [0.3, 0.4) is 0 Å². The smallest absolute Gasteiger partial charge is 0.157 e. The van der Waals surface area contributed by atoms with E-state index in [1.165, 1.54) is 6.07 Å². The molecule has 130 valence electrons. The van der Waals surface area contributed by atoms with Crippen molar-refractivity contribution in [3.63, 3.8) is 0 Å². The Hall–Kier alpha value is -3.54. The van der Waals surface area contributed by atoms with Crippen LogP contribution in [0.25, 0.3) is 5.57 Å². The van der Waals surface area contributed by atoms with Gasteiger partial charge in [-0.25, -0.2) is 4.39 Å².